The summed E-state index contributed by atoms with van der Waals surface area (Å²) in [5, 5.41) is 0. The highest BCUT2D eigenvalue weighted by Gasteiger charge is 2.19. The molecule has 1 heterocycles. The Morgan fingerprint density at radius 1 is 1.00 bits per heavy atom. The molecular formula is C19H22N2O2. The van der Waals surface area contributed by atoms with Crippen LogP contribution in [0.4, 0.5) is 0 Å². The quantitative estimate of drug-likeness (QED) is 0.702. The van der Waals surface area contributed by atoms with E-state index in [0.29, 0.717) is 11.7 Å². The van der Waals surface area contributed by atoms with E-state index in [0.717, 1.165) is 34.7 Å². The van der Waals surface area contributed by atoms with Crippen molar-refractivity contribution in [2.45, 2.75) is 20.4 Å². The van der Waals surface area contributed by atoms with Gasteiger partial charge < -0.3 is 14.0 Å². The average Bonchev–Trinajstić information content (AvgIpc) is 2.92. The molecule has 0 N–H and O–H groups in total. The van der Waals surface area contributed by atoms with Crippen molar-refractivity contribution in [3.05, 3.63) is 42.5 Å². The average molecular weight is 310 g/mol. The predicted octanol–water partition coefficient (Wildman–Crippen LogP) is 4.38. The van der Waals surface area contributed by atoms with Gasteiger partial charge in [-0.05, 0) is 30.2 Å². The highest BCUT2D eigenvalue weighted by molar-refractivity contribution is 5.82. The fraction of sp³-hybridized carbons (Fsp3) is 0.316. The topological polar surface area (TPSA) is 36.3 Å². The van der Waals surface area contributed by atoms with Gasteiger partial charge in [0.25, 0.3) is 0 Å². The summed E-state index contributed by atoms with van der Waals surface area (Å²) >= 11 is 0. The van der Waals surface area contributed by atoms with E-state index >= 15 is 0 Å². The summed E-state index contributed by atoms with van der Waals surface area (Å²) in [4.78, 5) is 4.85. The zero-order valence-corrected chi connectivity index (χ0v) is 14.0. The minimum atomic E-state index is 0.517. The number of ether oxygens (including phenoxy) is 2. The zero-order chi connectivity index (χ0) is 16.4. The Morgan fingerprint density at radius 3 is 2.48 bits per heavy atom. The van der Waals surface area contributed by atoms with E-state index < -0.39 is 0 Å². The van der Waals surface area contributed by atoms with Crippen LogP contribution in [0.1, 0.15) is 13.8 Å². The van der Waals surface area contributed by atoms with E-state index in [1.54, 1.807) is 14.2 Å². The standard InChI is InChI=1S/C19H22N2O2/c1-13(2)12-21-16-10-6-5-9-15(16)20-19(21)14-8-7-11-17(22-3)18(14)23-4/h5-11,13H,12H2,1-4H3. The second-order valence-electron chi connectivity index (χ2n) is 5.97. The second-order valence-corrected chi connectivity index (χ2v) is 5.97. The third-order valence-corrected chi connectivity index (χ3v) is 3.85. The maximum Gasteiger partial charge on any atom is 0.171 e. The minimum absolute atomic E-state index is 0.517. The molecule has 0 aliphatic heterocycles. The molecule has 0 radical (unpaired) electrons. The number of para-hydroxylation sites is 3. The van der Waals surface area contributed by atoms with Crippen molar-refractivity contribution in [2.75, 3.05) is 14.2 Å². The summed E-state index contributed by atoms with van der Waals surface area (Å²) in [6.45, 7) is 5.32. The highest BCUT2D eigenvalue weighted by Crippen LogP contribution is 2.38. The molecular weight excluding hydrogens is 288 g/mol. The molecule has 0 fully saturated rings. The molecule has 0 aliphatic rings. The van der Waals surface area contributed by atoms with Crippen molar-refractivity contribution < 1.29 is 9.47 Å². The number of nitrogens with zero attached hydrogens (tertiary/aromatic N) is 2. The minimum Gasteiger partial charge on any atom is -0.493 e. The smallest absolute Gasteiger partial charge is 0.171 e. The zero-order valence-electron chi connectivity index (χ0n) is 14.0. The van der Waals surface area contributed by atoms with Crippen LogP contribution >= 0.6 is 0 Å². The van der Waals surface area contributed by atoms with Gasteiger partial charge in [-0.1, -0.05) is 32.0 Å². The van der Waals surface area contributed by atoms with Gasteiger partial charge in [0, 0.05) is 6.54 Å². The van der Waals surface area contributed by atoms with Crippen LogP contribution in [0.25, 0.3) is 22.4 Å². The summed E-state index contributed by atoms with van der Waals surface area (Å²) in [5.41, 5.74) is 3.08. The van der Waals surface area contributed by atoms with Gasteiger partial charge in [0.05, 0.1) is 30.8 Å². The molecule has 0 spiro atoms. The summed E-state index contributed by atoms with van der Waals surface area (Å²) in [7, 11) is 3.31. The molecule has 4 nitrogen and oxygen atoms in total. The highest BCUT2D eigenvalue weighted by atomic mass is 16.5. The molecule has 120 valence electrons. The molecule has 4 heteroatoms. The van der Waals surface area contributed by atoms with Gasteiger partial charge in [-0.3, -0.25) is 0 Å². The lowest BCUT2D eigenvalue weighted by Crippen LogP contribution is -2.07. The van der Waals surface area contributed by atoms with E-state index in [1.165, 1.54) is 0 Å². The molecule has 23 heavy (non-hydrogen) atoms. The van der Waals surface area contributed by atoms with E-state index in [4.69, 9.17) is 14.5 Å². The third kappa shape index (κ3) is 2.77. The van der Waals surface area contributed by atoms with Gasteiger partial charge in [-0.15, -0.1) is 0 Å². The normalized spacial score (nSPS) is 11.2. The first-order valence-corrected chi connectivity index (χ1v) is 7.82. The number of imidazole rings is 1. The number of aromatic nitrogens is 2. The number of rotatable bonds is 5. The first kappa shape index (κ1) is 15.4. The van der Waals surface area contributed by atoms with Crippen LogP contribution in [0.2, 0.25) is 0 Å². The van der Waals surface area contributed by atoms with E-state index in [1.807, 2.05) is 36.4 Å². The van der Waals surface area contributed by atoms with Crippen molar-refractivity contribution >= 4 is 11.0 Å². The lowest BCUT2D eigenvalue weighted by molar-refractivity contribution is 0.356. The van der Waals surface area contributed by atoms with Gasteiger partial charge in [-0.2, -0.15) is 0 Å². The van der Waals surface area contributed by atoms with E-state index in [-0.39, 0.29) is 0 Å². The number of benzene rings is 2. The van der Waals surface area contributed by atoms with Gasteiger partial charge >= 0.3 is 0 Å². The predicted molar refractivity (Wildman–Crippen MR) is 93.1 cm³/mol. The third-order valence-electron chi connectivity index (χ3n) is 3.85. The van der Waals surface area contributed by atoms with Crippen LogP contribution in [0, 0.1) is 5.92 Å². The van der Waals surface area contributed by atoms with Crippen molar-refractivity contribution in [1.29, 1.82) is 0 Å². The van der Waals surface area contributed by atoms with Crippen LogP contribution in [0.5, 0.6) is 11.5 Å². The van der Waals surface area contributed by atoms with Crippen molar-refractivity contribution in [1.82, 2.24) is 9.55 Å². The SMILES string of the molecule is COc1cccc(-c2nc3ccccc3n2CC(C)C)c1OC. The number of hydrogen-bond acceptors (Lipinski definition) is 3. The Hall–Kier alpha value is -2.49. The molecule has 0 atom stereocenters. The Morgan fingerprint density at radius 2 is 1.78 bits per heavy atom. The maximum absolute atomic E-state index is 5.60. The number of fused-ring (bicyclic) bond motifs is 1. The fourth-order valence-corrected chi connectivity index (χ4v) is 2.89. The van der Waals surface area contributed by atoms with Crippen LogP contribution in [-0.2, 0) is 6.54 Å². The summed E-state index contributed by atoms with van der Waals surface area (Å²) in [6.07, 6.45) is 0. The van der Waals surface area contributed by atoms with Gasteiger partial charge in [0.1, 0.15) is 5.82 Å². The Bertz CT molecular complexity index is 821. The summed E-state index contributed by atoms with van der Waals surface area (Å²) < 4.78 is 13.3. The lowest BCUT2D eigenvalue weighted by atomic mass is 10.1. The largest absolute Gasteiger partial charge is 0.493 e. The van der Waals surface area contributed by atoms with Crippen LogP contribution in [0.15, 0.2) is 42.5 Å². The molecule has 0 amide bonds. The molecule has 3 rings (SSSR count). The molecule has 0 saturated heterocycles. The van der Waals surface area contributed by atoms with Gasteiger partial charge in [-0.25, -0.2) is 4.98 Å². The Labute approximate surface area is 136 Å². The van der Waals surface area contributed by atoms with Crippen LogP contribution in [-0.4, -0.2) is 23.8 Å². The fourth-order valence-electron chi connectivity index (χ4n) is 2.89. The molecule has 3 aromatic rings. The number of hydrogen-bond donors (Lipinski definition) is 0. The van der Waals surface area contributed by atoms with Crippen molar-refractivity contribution in [3.8, 4) is 22.9 Å². The Kier molecular flexibility index (Phi) is 4.24. The van der Waals surface area contributed by atoms with E-state index in [2.05, 4.69) is 24.5 Å². The molecule has 0 unspecified atom stereocenters. The molecule has 0 bridgehead atoms. The van der Waals surface area contributed by atoms with Crippen molar-refractivity contribution in [3.63, 3.8) is 0 Å². The molecule has 0 saturated carbocycles. The molecule has 1 aromatic heterocycles. The Balaban J connectivity index is 2.27. The van der Waals surface area contributed by atoms with Crippen molar-refractivity contribution in [2.24, 2.45) is 5.92 Å². The van der Waals surface area contributed by atoms with Gasteiger partial charge in [0.15, 0.2) is 11.5 Å². The molecule has 2 aromatic carbocycles. The summed E-state index contributed by atoms with van der Waals surface area (Å²) in [5.74, 6) is 2.86. The first-order valence-electron chi connectivity index (χ1n) is 7.82. The van der Waals surface area contributed by atoms with Crippen LogP contribution < -0.4 is 9.47 Å². The number of methoxy groups -OCH3 is 2. The monoisotopic (exact) mass is 310 g/mol. The molecule has 0 aliphatic carbocycles. The lowest BCUT2D eigenvalue weighted by Gasteiger charge is -2.15. The second kappa shape index (κ2) is 6.32. The first-order chi connectivity index (χ1) is 11.2. The maximum atomic E-state index is 5.60. The summed E-state index contributed by atoms with van der Waals surface area (Å²) in [6, 6.07) is 14.1. The van der Waals surface area contributed by atoms with Gasteiger partial charge in [0.2, 0.25) is 0 Å². The van der Waals surface area contributed by atoms with Crippen LogP contribution in [0.3, 0.4) is 0 Å². The van der Waals surface area contributed by atoms with E-state index in [9.17, 15) is 0 Å².